The molecule has 1 heterocycles. The Balaban J connectivity index is 0.00000124. The molecule has 30 heavy (non-hydrogen) atoms. The molecule has 0 saturated heterocycles. The number of allylic oxidation sites excluding steroid dienone is 2. The van der Waals surface area contributed by atoms with E-state index in [1.54, 1.807) is 0 Å². The lowest BCUT2D eigenvalue weighted by molar-refractivity contribution is -0.124. The zero-order valence-corrected chi connectivity index (χ0v) is 16.9. The van der Waals surface area contributed by atoms with E-state index in [0.717, 1.165) is 18.9 Å². The minimum absolute atomic E-state index is 0.0475. The molecular weight excluding hydrogens is 426 g/mol. The van der Waals surface area contributed by atoms with Gasteiger partial charge in [-0.05, 0) is 37.3 Å². The lowest BCUT2D eigenvalue weighted by atomic mass is 9.77. The molecule has 1 fully saturated rings. The Bertz CT molecular complexity index is 924. The highest BCUT2D eigenvalue weighted by atomic mass is 35.5. The Morgan fingerprint density at radius 3 is 2.43 bits per heavy atom. The number of fused-ring (bicyclic) bond motifs is 1. The van der Waals surface area contributed by atoms with Crippen LogP contribution in [0.1, 0.15) is 37.7 Å². The largest absolute Gasteiger partial charge is 0.477 e. The maximum Gasteiger partial charge on any atom is 0.413 e. The summed E-state index contributed by atoms with van der Waals surface area (Å²) in [5, 5.41) is 2.51. The molecule has 3 unspecified atom stereocenters. The van der Waals surface area contributed by atoms with Crippen molar-refractivity contribution in [3.05, 3.63) is 47.3 Å². The predicted molar refractivity (Wildman–Crippen MR) is 104 cm³/mol. The Kier molecular flexibility index (Phi) is 6.00. The van der Waals surface area contributed by atoms with E-state index in [0.29, 0.717) is 6.08 Å². The first kappa shape index (κ1) is 22.3. The number of rotatable bonds is 2. The van der Waals surface area contributed by atoms with Gasteiger partial charge in [-0.2, -0.15) is 13.2 Å². The van der Waals surface area contributed by atoms with E-state index in [9.17, 15) is 27.2 Å². The van der Waals surface area contributed by atoms with Crippen LogP contribution in [0.4, 0.5) is 23.2 Å². The second-order valence-corrected chi connectivity index (χ2v) is 7.92. The number of ether oxygens (including phenoxy) is 1. The molecule has 0 aromatic heterocycles. The van der Waals surface area contributed by atoms with Gasteiger partial charge in [0.25, 0.3) is 5.91 Å². The molecule has 0 spiro atoms. The van der Waals surface area contributed by atoms with Crippen molar-refractivity contribution < 1.29 is 31.9 Å². The third-order valence-electron chi connectivity index (χ3n) is 5.46. The lowest BCUT2D eigenvalue weighted by Gasteiger charge is -2.33. The number of alkyl halides is 3. The number of nitrogens with one attached hydrogen (secondary N) is 1. The molecule has 4 nitrogen and oxygen atoms in total. The number of hydrogen-bond acceptors (Lipinski definition) is 3. The summed E-state index contributed by atoms with van der Waals surface area (Å²) < 4.78 is 59.7. The van der Waals surface area contributed by atoms with E-state index in [1.165, 1.54) is 6.92 Å². The van der Waals surface area contributed by atoms with Crippen LogP contribution in [0.25, 0.3) is 0 Å². The van der Waals surface area contributed by atoms with Crippen LogP contribution < -0.4 is 10.1 Å². The first-order valence-corrected chi connectivity index (χ1v) is 9.77. The van der Waals surface area contributed by atoms with Gasteiger partial charge in [-0.1, -0.05) is 18.5 Å². The molecule has 3 atom stereocenters. The third kappa shape index (κ3) is 3.97. The average Bonchev–Trinajstić information content (AvgIpc) is 3.49. The van der Waals surface area contributed by atoms with Gasteiger partial charge in [0.15, 0.2) is 17.6 Å². The molecular formula is C21H20ClF4NO3. The Hall–Kier alpha value is -2.35. The van der Waals surface area contributed by atoms with Crippen LogP contribution in [0.3, 0.4) is 0 Å². The maximum absolute atomic E-state index is 14.8. The van der Waals surface area contributed by atoms with Gasteiger partial charge in [0.2, 0.25) is 0 Å². The molecule has 3 aliphatic rings. The van der Waals surface area contributed by atoms with E-state index < -0.39 is 47.2 Å². The minimum Gasteiger partial charge on any atom is -0.477 e. The van der Waals surface area contributed by atoms with Gasteiger partial charge >= 0.3 is 6.18 Å². The molecule has 1 aromatic carbocycles. The van der Waals surface area contributed by atoms with Crippen molar-refractivity contribution in [2.24, 2.45) is 11.8 Å². The number of amides is 1. The molecule has 162 valence electrons. The Morgan fingerprint density at radius 1 is 1.23 bits per heavy atom. The molecule has 4 rings (SSSR count). The minimum atomic E-state index is -4.63. The van der Waals surface area contributed by atoms with Crippen LogP contribution >= 0.6 is 11.6 Å². The summed E-state index contributed by atoms with van der Waals surface area (Å²) in [6.07, 6.45) is -3.45. The number of ketones is 1. The monoisotopic (exact) mass is 445 g/mol. The van der Waals surface area contributed by atoms with Crippen LogP contribution in [-0.4, -0.2) is 24.0 Å². The van der Waals surface area contributed by atoms with Gasteiger partial charge in [0, 0.05) is 17.1 Å². The van der Waals surface area contributed by atoms with Crippen LogP contribution in [0.15, 0.2) is 30.9 Å². The van der Waals surface area contributed by atoms with Crippen LogP contribution in [0.5, 0.6) is 5.75 Å². The number of benzene rings is 1. The standard InChI is InChI=1S/C19H16ClF4NO3.C2H4/c1-7-4-9(13(26)5-10(7)19(22,23)24)14-12(21)6-11(20)17-15(14)25-18(27)16(28-17)8-2-3-8;1-2/h5-9,16H,2-4H2,1H3,(H,25,27);1-2H2. The molecule has 2 aliphatic carbocycles. The number of halogens is 5. The third-order valence-corrected chi connectivity index (χ3v) is 5.74. The molecule has 1 aromatic rings. The summed E-state index contributed by atoms with van der Waals surface area (Å²) in [5.41, 5.74) is -1.19. The number of carbonyl (C=O) groups excluding carboxylic acids is 2. The summed E-state index contributed by atoms with van der Waals surface area (Å²) in [6, 6.07) is 0.970. The summed E-state index contributed by atoms with van der Waals surface area (Å²) in [6.45, 7) is 7.33. The van der Waals surface area contributed by atoms with Crippen LogP contribution in [0.2, 0.25) is 5.02 Å². The van der Waals surface area contributed by atoms with E-state index >= 15 is 0 Å². The zero-order chi connectivity index (χ0) is 22.4. The quantitative estimate of drug-likeness (QED) is 0.478. The van der Waals surface area contributed by atoms with Gasteiger partial charge in [-0.25, -0.2) is 4.39 Å². The van der Waals surface area contributed by atoms with Gasteiger partial charge in [-0.3, -0.25) is 9.59 Å². The molecule has 1 N–H and O–H groups in total. The van der Waals surface area contributed by atoms with Crippen molar-refractivity contribution in [1.29, 1.82) is 0 Å². The summed E-state index contributed by atoms with van der Waals surface area (Å²) in [4.78, 5) is 24.8. The van der Waals surface area contributed by atoms with Crippen LogP contribution in [0, 0.1) is 17.7 Å². The predicted octanol–water partition coefficient (Wildman–Crippen LogP) is 5.57. The van der Waals surface area contributed by atoms with Crippen LogP contribution in [-0.2, 0) is 9.59 Å². The fourth-order valence-electron chi connectivity index (χ4n) is 3.89. The second-order valence-electron chi connectivity index (χ2n) is 7.51. The van der Waals surface area contributed by atoms with Crippen molar-refractivity contribution in [2.75, 3.05) is 5.32 Å². The first-order valence-electron chi connectivity index (χ1n) is 9.40. The highest BCUT2D eigenvalue weighted by molar-refractivity contribution is 6.33. The second kappa shape index (κ2) is 8.06. The lowest BCUT2D eigenvalue weighted by Crippen LogP contribution is -2.39. The maximum atomic E-state index is 14.8. The van der Waals surface area contributed by atoms with E-state index in [2.05, 4.69) is 18.5 Å². The van der Waals surface area contributed by atoms with E-state index in [4.69, 9.17) is 16.3 Å². The number of hydrogen-bond donors (Lipinski definition) is 1. The SMILES string of the molecule is C=C.CC1CC(c2c(F)cc(Cl)c3c2NC(=O)C(C2CC2)O3)C(=O)C=C1C(F)(F)F. The van der Waals surface area contributed by atoms with Crippen molar-refractivity contribution in [3.63, 3.8) is 0 Å². The van der Waals surface area contributed by atoms with E-state index in [-0.39, 0.29) is 34.4 Å². The van der Waals surface area contributed by atoms with Crippen molar-refractivity contribution in [2.45, 2.75) is 44.4 Å². The normalized spacial score (nSPS) is 25.9. The molecule has 9 heteroatoms. The summed E-state index contributed by atoms with van der Waals surface area (Å²) >= 11 is 6.08. The number of anilines is 1. The molecule has 1 saturated carbocycles. The summed E-state index contributed by atoms with van der Waals surface area (Å²) in [7, 11) is 0. The van der Waals surface area contributed by atoms with Crippen molar-refractivity contribution in [3.8, 4) is 5.75 Å². The van der Waals surface area contributed by atoms with Gasteiger partial charge in [-0.15, -0.1) is 13.2 Å². The van der Waals surface area contributed by atoms with Crippen molar-refractivity contribution in [1.82, 2.24) is 0 Å². The van der Waals surface area contributed by atoms with Gasteiger partial charge in [0.1, 0.15) is 5.82 Å². The Labute approximate surface area is 175 Å². The fourth-order valence-corrected chi connectivity index (χ4v) is 4.13. The molecule has 0 radical (unpaired) electrons. The smallest absolute Gasteiger partial charge is 0.413 e. The van der Waals surface area contributed by atoms with E-state index in [1.807, 2.05) is 0 Å². The first-order chi connectivity index (χ1) is 14.1. The summed E-state index contributed by atoms with van der Waals surface area (Å²) in [5.74, 6) is -4.28. The average molecular weight is 446 g/mol. The van der Waals surface area contributed by atoms with Crippen molar-refractivity contribution >= 4 is 29.0 Å². The van der Waals surface area contributed by atoms with Gasteiger partial charge < -0.3 is 10.1 Å². The fraction of sp³-hybridized carbons (Fsp3) is 0.429. The topological polar surface area (TPSA) is 55.4 Å². The Morgan fingerprint density at radius 2 is 1.87 bits per heavy atom. The molecule has 1 amide bonds. The van der Waals surface area contributed by atoms with Gasteiger partial charge in [0.05, 0.1) is 16.6 Å². The molecule has 1 aliphatic heterocycles. The zero-order valence-electron chi connectivity index (χ0n) is 16.1. The molecule has 0 bridgehead atoms. The highest BCUT2D eigenvalue weighted by Gasteiger charge is 2.46. The highest BCUT2D eigenvalue weighted by Crippen LogP contribution is 2.50. The number of carbonyl (C=O) groups is 2.